The number of rotatable bonds is 18. The molecule has 8 fully saturated rings. The largest absolute Gasteiger partial charge is 1.00 e. The third-order valence-corrected chi connectivity index (χ3v) is 22.0. The number of aliphatic hydroxyl groups excluding tert-OH is 12. The van der Waals surface area contributed by atoms with Crippen molar-refractivity contribution >= 4 is 16.2 Å². The summed E-state index contributed by atoms with van der Waals surface area (Å²) in [7, 11) is -5.14. The SMILES string of the molecule is CC(C)[C@H](C)C(=O)C[C@](C)(O)[C@H]1CCC2C3C[C@H](O[C@H]4O[C@H](C)[C@@H](O)[C@H](O[C@@H]5O[C@H](C)[C@@H](O[C@H]6O[C@H](CO)[C@@H](O)[C@H](O)[C@H]6O[C@@H]6O[C@H](C)[C@H](O)[C@H](O)[C@H]6O)[C@H](O)[C@H]5O[C@@H]5O[C@H](C)[C@@H](O)[C@H](O)[C@H]5O)[C@H]4O)C4C[C@@H](OS(=O)(=O)[O-])CC[C@]4(C)C3=CC[C@@]21C.[Na+]. The summed E-state index contributed by atoms with van der Waals surface area (Å²) in [5.74, 6) is -1.19. The maximum absolute atomic E-state index is 13.6. The molecule has 0 radical (unpaired) electrons. The van der Waals surface area contributed by atoms with E-state index >= 15 is 0 Å². The van der Waals surface area contributed by atoms with Crippen molar-refractivity contribution < 1.29 is 165 Å². The molecule has 9 rings (SSSR count). The predicted octanol–water partition coefficient (Wildman–Crippen LogP) is -5.38. The third-order valence-electron chi connectivity index (χ3n) is 21.5. The van der Waals surface area contributed by atoms with Crippen LogP contribution in [0.2, 0.25) is 0 Å². The number of ether oxygens (including phenoxy) is 10. The van der Waals surface area contributed by atoms with Crippen LogP contribution < -0.4 is 29.6 Å². The molecule has 502 valence electrons. The Morgan fingerprint density at radius 2 is 1.14 bits per heavy atom. The number of aliphatic hydroxyl groups is 13. The fourth-order valence-electron chi connectivity index (χ4n) is 16.0. The van der Waals surface area contributed by atoms with Gasteiger partial charge < -0.3 is 118 Å². The van der Waals surface area contributed by atoms with Crippen LogP contribution in [-0.2, 0) is 66.7 Å². The Kier molecular flexibility index (Phi) is 23.5. The zero-order chi connectivity index (χ0) is 64.1. The van der Waals surface area contributed by atoms with E-state index < -0.39 is 205 Å². The van der Waals surface area contributed by atoms with Crippen molar-refractivity contribution in [2.45, 2.75) is 292 Å². The summed E-state index contributed by atoms with van der Waals surface area (Å²) in [4.78, 5) is 13.6. The van der Waals surface area contributed by atoms with Crippen molar-refractivity contribution in [1.82, 2.24) is 0 Å². The van der Waals surface area contributed by atoms with E-state index in [1.54, 1.807) is 6.92 Å². The number of Topliss-reactive ketones (excluding diaryl/α,β-unsaturated/α-hetero) is 1. The second-order valence-corrected chi connectivity index (χ2v) is 28.5. The van der Waals surface area contributed by atoms with E-state index in [0.29, 0.717) is 32.1 Å². The maximum Gasteiger partial charge on any atom is 1.00 e. The number of fused-ring (bicyclic) bond motifs is 5. The minimum absolute atomic E-state index is 0. The van der Waals surface area contributed by atoms with Crippen molar-refractivity contribution in [3.8, 4) is 0 Å². The van der Waals surface area contributed by atoms with Crippen LogP contribution in [0.25, 0.3) is 0 Å². The van der Waals surface area contributed by atoms with Crippen LogP contribution in [0.15, 0.2) is 11.6 Å². The zero-order valence-electron chi connectivity index (χ0n) is 51.8. The van der Waals surface area contributed by atoms with E-state index in [2.05, 4.69) is 19.9 Å². The van der Waals surface area contributed by atoms with Crippen molar-refractivity contribution in [2.24, 2.45) is 46.3 Å². The molecule has 5 saturated heterocycles. The number of carbonyl (C=O) groups is 1. The molecule has 9 aliphatic rings. The topological polar surface area (TPSA) is 439 Å². The van der Waals surface area contributed by atoms with Gasteiger partial charge in [-0.3, -0.25) is 8.98 Å². The van der Waals surface area contributed by atoms with Crippen LogP contribution >= 0.6 is 0 Å². The molecule has 3 unspecified atom stereocenters. The molecule has 5 aliphatic heterocycles. The Morgan fingerprint density at radius 3 is 1.69 bits per heavy atom. The van der Waals surface area contributed by atoms with Gasteiger partial charge in [0, 0.05) is 12.3 Å². The summed E-state index contributed by atoms with van der Waals surface area (Å²) in [6.07, 6.45) is -39.5. The second-order valence-electron chi connectivity index (χ2n) is 27.4. The monoisotopic (exact) mass is 1290 g/mol. The molecule has 28 nitrogen and oxygen atoms in total. The molecule has 0 aromatic rings. The molecule has 0 aromatic carbocycles. The molecule has 0 aromatic heterocycles. The first-order valence-corrected chi connectivity index (χ1v) is 32.1. The van der Waals surface area contributed by atoms with Crippen molar-refractivity contribution in [1.29, 1.82) is 0 Å². The summed E-state index contributed by atoms with van der Waals surface area (Å²) in [5, 5.41) is 146. The smallest absolute Gasteiger partial charge is 0.726 e. The molecule has 5 heterocycles. The molecule has 0 amide bonds. The second kappa shape index (κ2) is 28.2. The number of hydrogen-bond acceptors (Lipinski definition) is 28. The normalized spacial score (nSPS) is 51.0. The number of ketones is 1. The summed E-state index contributed by atoms with van der Waals surface area (Å²) in [6.45, 7) is 16.5. The minimum Gasteiger partial charge on any atom is -0.726 e. The molecule has 35 atom stereocenters. The van der Waals surface area contributed by atoms with Gasteiger partial charge in [-0.15, -0.1) is 0 Å². The summed E-state index contributed by atoms with van der Waals surface area (Å²) in [5.41, 5.74) is -1.36. The Bertz CT molecular complexity index is 2500. The molecule has 13 N–H and O–H groups in total. The Labute approximate surface area is 535 Å². The molecular weight excluding hydrogens is 1200 g/mol. The van der Waals surface area contributed by atoms with E-state index in [4.69, 9.17) is 51.6 Å². The first-order chi connectivity index (χ1) is 40.5. The van der Waals surface area contributed by atoms with Crippen molar-refractivity contribution in [3.63, 3.8) is 0 Å². The van der Waals surface area contributed by atoms with Crippen LogP contribution in [0.1, 0.15) is 121 Å². The molecule has 88 heavy (non-hydrogen) atoms. The van der Waals surface area contributed by atoms with Gasteiger partial charge in [-0.2, -0.15) is 0 Å². The Balaban J connectivity index is 0.0000100. The van der Waals surface area contributed by atoms with Crippen molar-refractivity contribution in [2.75, 3.05) is 6.61 Å². The van der Waals surface area contributed by atoms with Gasteiger partial charge in [0.1, 0.15) is 103 Å². The van der Waals surface area contributed by atoms with Gasteiger partial charge in [0.05, 0.1) is 48.8 Å². The third kappa shape index (κ3) is 14.3. The van der Waals surface area contributed by atoms with Gasteiger partial charge in [0.2, 0.25) is 10.4 Å². The van der Waals surface area contributed by atoms with Gasteiger partial charge in [-0.05, 0) is 120 Å². The first-order valence-electron chi connectivity index (χ1n) is 30.8. The summed E-state index contributed by atoms with van der Waals surface area (Å²) < 4.78 is 103. The van der Waals surface area contributed by atoms with E-state index in [1.165, 1.54) is 27.7 Å². The van der Waals surface area contributed by atoms with Crippen LogP contribution in [0.3, 0.4) is 0 Å². The predicted molar refractivity (Wildman–Crippen MR) is 293 cm³/mol. The molecule has 3 saturated carbocycles. The summed E-state index contributed by atoms with van der Waals surface area (Å²) in [6, 6.07) is 0. The zero-order valence-corrected chi connectivity index (χ0v) is 54.7. The van der Waals surface area contributed by atoms with Gasteiger partial charge in [0.25, 0.3) is 0 Å². The van der Waals surface area contributed by atoms with Gasteiger partial charge in [0.15, 0.2) is 31.5 Å². The first kappa shape index (κ1) is 73.2. The van der Waals surface area contributed by atoms with E-state index in [1.807, 2.05) is 20.8 Å². The number of hydrogen-bond donors (Lipinski definition) is 13. The maximum atomic E-state index is 13.6. The Hall–Kier alpha value is -0.640. The van der Waals surface area contributed by atoms with Gasteiger partial charge >= 0.3 is 29.6 Å². The van der Waals surface area contributed by atoms with Crippen molar-refractivity contribution in [3.05, 3.63) is 11.6 Å². The van der Waals surface area contributed by atoms with Crippen LogP contribution in [0, 0.1) is 46.3 Å². The molecular formula is C58H95NaO28S. The summed E-state index contributed by atoms with van der Waals surface area (Å²) >= 11 is 0. The van der Waals surface area contributed by atoms with E-state index in [9.17, 15) is 84.1 Å². The molecule has 4 aliphatic carbocycles. The van der Waals surface area contributed by atoms with E-state index in [0.717, 1.165) is 5.57 Å². The Morgan fingerprint density at radius 1 is 0.625 bits per heavy atom. The fraction of sp³-hybridized carbons (Fsp3) is 0.948. The van der Waals surface area contributed by atoms with Gasteiger partial charge in [-0.1, -0.05) is 46.3 Å². The minimum atomic E-state index is -5.14. The van der Waals surface area contributed by atoms with Crippen LogP contribution in [0.5, 0.6) is 0 Å². The quantitative estimate of drug-likeness (QED) is 0.0264. The van der Waals surface area contributed by atoms with Crippen LogP contribution in [0.4, 0.5) is 0 Å². The fourth-order valence-corrected chi connectivity index (χ4v) is 16.5. The number of allylic oxidation sites excluding steroid dienone is 2. The molecule has 30 heteroatoms. The molecule has 0 bridgehead atoms. The average Bonchev–Trinajstić information content (AvgIpc) is 1.31. The standard InChI is InChI=1S/C58H96O28S.Na/c1-21(2)22(3)32(60)19-58(10,72)35-12-11-29-28-18-33(31-17-27(86-87(73,74)75)13-15-56(31,8)30(28)14-16-57(29,35)9)80-53-46(71)48(38(63)25(6)78-53)83-54-50(85-52-44(69)41(66)37(62)24(5)77-52)45(70)47(26(7)79-54)82-55-49(42(67)39(64)34(20-59)81-55)84-51-43(68)40(65)36(61)23(4)76-51;/h14,21-29,31,33-55,59,61-72H,11-13,15-20H2,1-10H3,(H,73,74,75);/q;+1/p-1/t22-,23+,24+,25+,26+,27-,28?,29?,31?,33-,34+,35-,36-,37+,38+,39+,40-,41-,42-,43+,44+,45-,46+,47+,48-,49+,50+,51-,52-,53+,54-,55+,56+,57-,58-;/m0./s1. The average molecular weight is 1300 g/mol. The van der Waals surface area contributed by atoms with Crippen LogP contribution in [-0.4, -0.2) is 263 Å². The molecule has 0 spiro atoms. The van der Waals surface area contributed by atoms with Gasteiger partial charge in [-0.25, -0.2) is 8.42 Å². The van der Waals surface area contributed by atoms with E-state index in [-0.39, 0.29) is 84.2 Å². The number of carbonyl (C=O) groups excluding carboxylic acids is 1.